The van der Waals surface area contributed by atoms with Crippen LogP contribution in [0, 0.1) is 19.8 Å². The van der Waals surface area contributed by atoms with Gasteiger partial charge in [0.2, 0.25) is 5.89 Å². The first kappa shape index (κ1) is 17.5. The first-order valence-corrected chi connectivity index (χ1v) is 9.02. The highest BCUT2D eigenvalue weighted by Crippen LogP contribution is 2.32. The molecule has 1 aromatic heterocycles. The third kappa shape index (κ3) is 4.03. The molecule has 2 aromatic rings. The second-order valence-corrected chi connectivity index (χ2v) is 6.88. The number of aliphatic imine (C=N–C) groups is 1. The minimum absolute atomic E-state index is 0.564. The molecule has 2 unspecified atom stereocenters. The first-order valence-electron chi connectivity index (χ1n) is 9.02. The number of benzene rings is 1. The van der Waals surface area contributed by atoms with Crippen LogP contribution in [0.25, 0.3) is 0 Å². The number of rotatable bonds is 3. The van der Waals surface area contributed by atoms with Crippen LogP contribution in [0.3, 0.4) is 0 Å². The molecule has 0 saturated carbocycles. The Balaban J connectivity index is 1.59. The molecule has 1 fully saturated rings. The summed E-state index contributed by atoms with van der Waals surface area (Å²) in [5, 5.41) is 3.39. The molecular formula is C20H28N4O. The molecule has 3 rings (SSSR count). The van der Waals surface area contributed by atoms with E-state index in [2.05, 4.69) is 57.4 Å². The van der Waals surface area contributed by atoms with Crippen molar-refractivity contribution >= 4 is 5.96 Å². The minimum atomic E-state index is 0.564. The zero-order valence-corrected chi connectivity index (χ0v) is 15.6. The summed E-state index contributed by atoms with van der Waals surface area (Å²) in [4.78, 5) is 11.2. The molecule has 25 heavy (non-hydrogen) atoms. The maximum Gasteiger partial charge on any atom is 0.214 e. The Kier molecular flexibility index (Phi) is 5.41. The summed E-state index contributed by atoms with van der Waals surface area (Å²) in [6.45, 7) is 8.81. The van der Waals surface area contributed by atoms with E-state index < -0.39 is 0 Å². The highest BCUT2D eigenvalue weighted by atomic mass is 16.4. The van der Waals surface area contributed by atoms with Crippen molar-refractivity contribution in [2.75, 3.05) is 20.1 Å². The molecule has 2 atom stereocenters. The van der Waals surface area contributed by atoms with Crippen molar-refractivity contribution in [2.45, 2.75) is 39.7 Å². The van der Waals surface area contributed by atoms with E-state index in [1.807, 2.05) is 20.9 Å². The summed E-state index contributed by atoms with van der Waals surface area (Å²) in [5.74, 6) is 3.72. The predicted octanol–water partition coefficient (Wildman–Crippen LogP) is 3.49. The van der Waals surface area contributed by atoms with Crippen LogP contribution in [-0.2, 0) is 6.54 Å². The van der Waals surface area contributed by atoms with Gasteiger partial charge in [-0.25, -0.2) is 4.98 Å². The molecule has 0 aliphatic carbocycles. The van der Waals surface area contributed by atoms with Crippen LogP contribution < -0.4 is 5.32 Å². The zero-order valence-electron chi connectivity index (χ0n) is 15.6. The van der Waals surface area contributed by atoms with Gasteiger partial charge >= 0.3 is 0 Å². The van der Waals surface area contributed by atoms with Gasteiger partial charge in [0.25, 0.3) is 0 Å². The predicted molar refractivity (Wildman–Crippen MR) is 101 cm³/mol. The van der Waals surface area contributed by atoms with Gasteiger partial charge in [0.1, 0.15) is 5.76 Å². The lowest BCUT2D eigenvalue weighted by molar-refractivity contribution is 0.234. The molecule has 0 bridgehead atoms. The third-order valence-corrected chi connectivity index (χ3v) is 5.11. The third-order valence-electron chi connectivity index (χ3n) is 5.11. The highest BCUT2D eigenvalue weighted by Gasteiger charge is 2.28. The number of aromatic nitrogens is 1. The van der Waals surface area contributed by atoms with Gasteiger partial charge in [-0.1, -0.05) is 37.3 Å². The van der Waals surface area contributed by atoms with Crippen LogP contribution in [0.5, 0.6) is 0 Å². The molecule has 1 saturated heterocycles. The summed E-state index contributed by atoms with van der Waals surface area (Å²) in [6, 6.07) is 10.8. The van der Waals surface area contributed by atoms with E-state index >= 15 is 0 Å². The van der Waals surface area contributed by atoms with Crippen molar-refractivity contribution in [1.29, 1.82) is 0 Å². The Hall–Kier alpha value is -2.30. The van der Waals surface area contributed by atoms with Crippen molar-refractivity contribution in [3.05, 3.63) is 53.2 Å². The van der Waals surface area contributed by atoms with Gasteiger partial charge in [0.15, 0.2) is 5.96 Å². The lowest BCUT2D eigenvalue weighted by Gasteiger charge is -2.38. The Morgan fingerprint density at radius 1 is 1.32 bits per heavy atom. The summed E-state index contributed by atoms with van der Waals surface area (Å²) >= 11 is 0. The Morgan fingerprint density at radius 2 is 2.08 bits per heavy atom. The second kappa shape index (κ2) is 7.72. The fourth-order valence-electron chi connectivity index (χ4n) is 3.64. The van der Waals surface area contributed by atoms with E-state index in [0.717, 1.165) is 36.9 Å². The molecule has 0 radical (unpaired) electrons. The molecule has 2 heterocycles. The van der Waals surface area contributed by atoms with Crippen LogP contribution in [-0.4, -0.2) is 36.0 Å². The minimum Gasteiger partial charge on any atom is -0.444 e. The lowest BCUT2D eigenvalue weighted by atomic mass is 9.82. The standard InChI is InChI=1S/C20H28N4O/c1-14-13-24(11-10-18(14)17-8-6-5-7-9-17)20(21-4)22-12-19-23-15(2)16(3)25-19/h5-9,14,18H,10-13H2,1-4H3,(H,21,22). The second-order valence-electron chi connectivity index (χ2n) is 6.88. The van der Waals surface area contributed by atoms with E-state index in [9.17, 15) is 0 Å². The summed E-state index contributed by atoms with van der Waals surface area (Å²) in [7, 11) is 1.84. The maximum absolute atomic E-state index is 5.65. The number of oxazole rings is 1. The summed E-state index contributed by atoms with van der Waals surface area (Å²) in [5.41, 5.74) is 2.40. The van der Waals surface area contributed by atoms with E-state index in [1.54, 1.807) is 0 Å². The van der Waals surface area contributed by atoms with E-state index in [4.69, 9.17) is 4.42 Å². The lowest BCUT2D eigenvalue weighted by Crippen LogP contribution is -2.47. The average Bonchev–Trinajstić information content (AvgIpc) is 2.94. The SMILES string of the molecule is CN=C(NCc1nc(C)c(C)o1)N1CCC(c2ccccc2)C(C)C1. The number of piperidine rings is 1. The van der Waals surface area contributed by atoms with Crippen LogP contribution in [0.1, 0.15) is 42.2 Å². The van der Waals surface area contributed by atoms with Gasteiger partial charge in [-0.15, -0.1) is 0 Å². The Bertz CT molecular complexity index is 703. The Morgan fingerprint density at radius 3 is 2.68 bits per heavy atom. The molecule has 1 N–H and O–H groups in total. The summed E-state index contributed by atoms with van der Waals surface area (Å²) in [6.07, 6.45) is 1.14. The maximum atomic E-state index is 5.65. The molecule has 5 nitrogen and oxygen atoms in total. The van der Waals surface area contributed by atoms with Crippen LogP contribution in [0.15, 0.2) is 39.7 Å². The monoisotopic (exact) mass is 340 g/mol. The van der Waals surface area contributed by atoms with Crippen molar-refractivity contribution in [1.82, 2.24) is 15.2 Å². The fourth-order valence-corrected chi connectivity index (χ4v) is 3.64. The highest BCUT2D eigenvalue weighted by molar-refractivity contribution is 5.79. The number of likely N-dealkylation sites (tertiary alicyclic amines) is 1. The van der Waals surface area contributed by atoms with E-state index in [0.29, 0.717) is 24.3 Å². The fraction of sp³-hybridized carbons (Fsp3) is 0.500. The molecular weight excluding hydrogens is 312 g/mol. The number of guanidine groups is 1. The van der Waals surface area contributed by atoms with Gasteiger partial charge < -0.3 is 14.6 Å². The van der Waals surface area contributed by atoms with Crippen molar-refractivity contribution in [2.24, 2.45) is 10.9 Å². The van der Waals surface area contributed by atoms with Gasteiger partial charge in [-0.2, -0.15) is 0 Å². The van der Waals surface area contributed by atoms with Gasteiger partial charge in [0, 0.05) is 20.1 Å². The van der Waals surface area contributed by atoms with Crippen molar-refractivity contribution in [3.63, 3.8) is 0 Å². The normalized spacial score (nSPS) is 21.4. The van der Waals surface area contributed by atoms with Gasteiger partial charge in [0.05, 0.1) is 12.2 Å². The molecule has 1 aliphatic rings. The van der Waals surface area contributed by atoms with Crippen molar-refractivity contribution < 1.29 is 4.42 Å². The average molecular weight is 340 g/mol. The number of nitrogens with zero attached hydrogens (tertiary/aromatic N) is 3. The number of aryl methyl sites for hydroxylation is 2. The van der Waals surface area contributed by atoms with Crippen molar-refractivity contribution in [3.8, 4) is 0 Å². The number of hydrogen-bond acceptors (Lipinski definition) is 3. The van der Waals surface area contributed by atoms with Crippen LogP contribution in [0.2, 0.25) is 0 Å². The quantitative estimate of drug-likeness (QED) is 0.686. The topological polar surface area (TPSA) is 53.7 Å². The smallest absolute Gasteiger partial charge is 0.214 e. The molecule has 134 valence electrons. The number of nitrogens with one attached hydrogen (secondary N) is 1. The molecule has 1 aliphatic heterocycles. The first-order chi connectivity index (χ1) is 12.1. The van der Waals surface area contributed by atoms with E-state index in [-0.39, 0.29) is 0 Å². The zero-order chi connectivity index (χ0) is 17.8. The van der Waals surface area contributed by atoms with Crippen LogP contribution in [0.4, 0.5) is 0 Å². The van der Waals surface area contributed by atoms with Crippen LogP contribution >= 0.6 is 0 Å². The molecule has 1 aromatic carbocycles. The number of hydrogen-bond donors (Lipinski definition) is 1. The molecule has 0 spiro atoms. The van der Waals surface area contributed by atoms with Gasteiger partial charge in [-0.3, -0.25) is 4.99 Å². The molecule has 5 heteroatoms. The molecule has 0 amide bonds. The van der Waals surface area contributed by atoms with Gasteiger partial charge in [-0.05, 0) is 37.7 Å². The largest absolute Gasteiger partial charge is 0.444 e. The van der Waals surface area contributed by atoms with E-state index in [1.165, 1.54) is 5.56 Å². The summed E-state index contributed by atoms with van der Waals surface area (Å²) < 4.78 is 5.65. The Labute approximate surface area is 150 Å².